The lowest BCUT2D eigenvalue weighted by atomic mass is 10.0. The summed E-state index contributed by atoms with van der Waals surface area (Å²) in [6.45, 7) is 0.342. The van der Waals surface area contributed by atoms with E-state index in [-0.39, 0.29) is 5.75 Å². The molecule has 4 nitrogen and oxygen atoms in total. The molecule has 0 unspecified atom stereocenters. The fourth-order valence-corrected chi connectivity index (χ4v) is 2.45. The van der Waals surface area contributed by atoms with Crippen molar-refractivity contribution in [3.8, 4) is 5.75 Å². The van der Waals surface area contributed by atoms with Crippen LogP contribution in [0.5, 0.6) is 5.75 Å². The highest BCUT2D eigenvalue weighted by atomic mass is 19.4. The van der Waals surface area contributed by atoms with Gasteiger partial charge >= 0.3 is 6.36 Å². The fourth-order valence-electron chi connectivity index (χ4n) is 2.45. The van der Waals surface area contributed by atoms with E-state index in [1.165, 1.54) is 24.3 Å². The lowest BCUT2D eigenvalue weighted by molar-refractivity contribution is -0.274. The Kier molecular flexibility index (Phi) is 5.46. The molecular formula is C17H17F3N2O2. The van der Waals surface area contributed by atoms with Crippen molar-refractivity contribution >= 4 is 5.91 Å². The molecule has 2 aromatic rings. The van der Waals surface area contributed by atoms with Gasteiger partial charge in [0.2, 0.25) is 5.91 Å². The smallest absolute Gasteiger partial charge is 0.406 e. The largest absolute Gasteiger partial charge is 0.573 e. The highest BCUT2D eigenvalue weighted by Crippen LogP contribution is 2.24. The maximum atomic E-state index is 12.2. The number of carbonyl (C=O) groups is 1. The summed E-state index contributed by atoms with van der Waals surface area (Å²) in [5, 5.41) is 0. The van der Waals surface area contributed by atoms with Crippen molar-refractivity contribution < 1.29 is 22.7 Å². The molecule has 2 rings (SSSR count). The number of hydrogen-bond acceptors (Lipinski definition) is 3. The Hall–Kier alpha value is -2.54. The molecule has 7 heteroatoms. The lowest BCUT2D eigenvalue weighted by Crippen LogP contribution is -2.34. The summed E-state index contributed by atoms with van der Waals surface area (Å²) in [6, 6.07) is 13.9. The molecule has 0 radical (unpaired) electrons. The van der Waals surface area contributed by atoms with E-state index in [4.69, 9.17) is 5.73 Å². The van der Waals surface area contributed by atoms with Crippen molar-refractivity contribution in [2.45, 2.75) is 18.9 Å². The summed E-state index contributed by atoms with van der Waals surface area (Å²) >= 11 is 0. The standard InChI is InChI=1S/C17H17F3N2O2/c1-22(15(16(21)23)13-5-3-2-4-6-13)11-12-7-9-14(10-8-12)24-17(18,19)20/h2-10,15H,11H2,1H3,(H2,21,23)/t15-/m0/s1. The van der Waals surface area contributed by atoms with Gasteiger partial charge in [-0.3, -0.25) is 9.69 Å². The quantitative estimate of drug-likeness (QED) is 0.880. The molecule has 0 bridgehead atoms. The van der Waals surface area contributed by atoms with E-state index < -0.39 is 18.3 Å². The minimum Gasteiger partial charge on any atom is -0.406 e. The first-order chi connectivity index (χ1) is 11.3. The number of halogens is 3. The van der Waals surface area contributed by atoms with Crippen LogP contribution in [0.4, 0.5) is 13.2 Å². The van der Waals surface area contributed by atoms with Crippen LogP contribution in [0.2, 0.25) is 0 Å². The van der Waals surface area contributed by atoms with Crippen LogP contribution in [0.3, 0.4) is 0 Å². The van der Waals surface area contributed by atoms with Crippen molar-refractivity contribution in [1.82, 2.24) is 4.90 Å². The molecule has 24 heavy (non-hydrogen) atoms. The SMILES string of the molecule is CN(Cc1ccc(OC(F)(F)F)cc1)[C@H](C(N)=O)c1ccccc1. The topological polar surface area (TPSA) is 55.6 Å². The zero-order valence-corrected chi connectivity index (χ0v) is 13.0. The number of primary amides is 1. The number of ether oxygens (including phenoxy) is 1. The van der Waals surface area contributed by atoms with Gasteiger partial charge < -0.3 is 10.5 Å². The predicted octanol–water partition coefficient (Wildman–Crippen LogP) is 3.24. The van der Waals surface area contributed by atoms with E-state index in [0.717, 1.165) is 11.1 Å². The zero-order valence-electron chi connectivity index (χ0n) is 13.0. The molecule has 2 N–H and O–H groups in total. The van der Waals surface area contributed by atoms with Gasteiger partial charge in [0.05, 0.1) is 0 Å². The van der Waals surface area contributed by atoms with Gasteiger partial charge in [-0.25, -0.2) is 0 Å². The first kappa shape index (κ1) is 17.8. The molecule has 0 aliphatic heterocycles. The van der Waals surface area contributed by atoms with Crippen LogP contribution >= 0.6 is 0 Å². The fraction of sp³-hybridized carbons (Fsp3) is 0.235. The maximum Gasteiger partial charge on any atom is 0.573 e. The van der Waals surface area contributed by atoms with E-state index in [2.05, 4.69) is 4.74 Å². The molecule has 0 aliphatic rings. The second-order valence-electron chi connectivity index (χ2n) is 5.32. The highest BCUT2D eigenvalue weighted by Gasteiger charge is 2.31. The van der Waals surface area contributed by atoms with Gasteiger partial charge in [-0.15, -0.1) is 13.2 Å². The summed E-state index contributed by atoms with van der Waals surface area (Å²) in [5.74, 6) is -0.788. The van der Waals surface area contributed by atoms with Crippen LogP contribution in [-0.2, 0) is 11.3 Å². The summed E-state index contributed by atoms with van der Waals surface area (Å²) in [4.78, 5) is 13.5. The number of amides is 1. The number of hydrogen-bond donors (Lipinski definition) is 1. The second kappa shape index (κ2) is 7.35. The Morgan fingerprint density at radius 3 is 2.21 bits per heavy atom. The van der Waals surface area contributed by atoms with E-state index >= 15 is 0 Å². The minimum absolute atomic E-state index is 0.289. The number of nitrogens with zero attached hydrogens (tertiary/aromatic N) is 1. The normalized spacial score (nSPS) is 12.9. The number of carbonyl (C=O) groups excluding carboxylic acids is 1. The van der Waals surface area contributed by atoms with Gasteiger partial charge in [0.1, 0.15) is 11.8 Å². The number of alkyl halides is 3. The van der Waals surface area contributed by atoms with Crippen LogP contribution in [0.25, 0.3) is 0 Å². The molecule has 128 valence electrons. The van der Waals surface area contributed by atoms with E-state index in [9.17, 15) is 18.0 Å². The average Bonchev–Trinajstić information content (AvgIpc) is 2.48. The van der Waals surface area contributed by atoms with Crippen molar-refractivity contribution in [3.05, 3.63) is 65.7 Å². The Morgan fingerprint density at radius 1 is 1.12 bits per heavy atom. The van der Waals surface area contributed by atoms with E-state index in [0.29, 0.717) is 6.54 Å². The Bertz CT molecular complexity index is 672. The summed E-state index contributed by atoms with van der Waals surface area (Å²) in [5.41, 5.74) is 6.98. The predicted molar refractivity (Wildman–Crippen MR) is 83.0 cm³/mol. The van der Waals surface area contributed by atoms with Gasteiger partial charge in [-0.2, -0.15) is 0 Å². The molecule has 0 spiro atoms. The molecule has 0 aromatic heterocycles. The number of likely N-dealkylation sites (N-methyl/N-ethyl adjacent to an activating group) is 1. The molecule has 1 atom stereocenters. The Labute approximate surface area is 137 Å². The van der Waals surface area contributed by atoms with Crippen LogP contribution < -0.4 is 10.5 Å². The van der Waals surface area contributed by atoms with Crippen molar-refractivity contribution in [3.63, 3.8) is 0 Å². The maximum absolute atomic E-state index is 12.2. The molecule has 0 aliphatic carbocycles. The minimum atomic E-state index is -4.72. The summed E-state index contributed by atoms with van der Waals surface area (Å²) in [6.07, 6.45) is -4.72. The Morgan fingerprint density at radius 2 is 1.71 bits per heavy atom. The third-order valence-corrected chi connectivity index (χ3v) is 3.41. The van der Waals surface area contributed by atoms with Gasteiger partial charge in [0.15, 0.2) is 0 Å². The van der Waals surface area contributed by atoms with Crippen molar-refractivity contribution in [2.75, 3.05) is 7.05 Å². The van der Waals surface area contributed by atoms with Gasteiger partial charge in [0, 0.05) is 6.54 Å². The lowest BCUT2D eigenvalue weighted by Gasteiger charge is -2.26. The molecule has 0 fully saturated rings. The summed E-state index contributed by atoms with van der Waals surface area (Å²) < 4.78 is 40.3. The first-order valence-corrected chi connectivity index (χ1v) is 7.15. The van der Waals surface area contributed by atoms with Crippen LogP contribution in [0, 0.1) is 0 Å². The van der Waals surface area contributed by atoms with E-state index in [1.807, 2.05) is 18.2 Å². The van der Waals surface area contributed by atoms with Crippen LogP contribution in [0.1, 0.15) is 17.2 Å². The highest BCUT2D eigenvalue weighted by molar-refractivity contribution is 5.81. The van der Waals surface area contributed by atoms with Crippen LogP contribution in [0.15, 0.2) is 54.6 Å². The van der Waals surface area contributed by atoms with Gasteiger partial charge in [-0.1, -0.05) is 42.5 Å². The average molecular weight is 338 g/mol. The molecule has 2 aromatic carbocycles. The van der Waals surface area contributed by atoms with Crippen LogP contribution in [-0.4, -0.2) is 24.2 Å². The van der Waals surface area contributed by atoms with E-state index in [1.54, 1.807) is 24.1 Å². The molecule has 0 saturated carbocycles. The molecular weight excluding hydrogens is 321 g/mol. The monoisotopic (exact) mass is 338 g/mol. The van der Waals surface area contributed by atoms with Crippen molar-refractivity contribution in [1.29, 1.82) is 0 Å². The number of benzene rings is 2. The number of rotatable bonds is 6. The van der Waals surface area contributed by atoms with Gasteiger partial charge in [0.25, 0.3) is 0 Å². The Balaban J connectivity index is 2.10. The molecule has 1 amide bonds. The summed E-state index contributed by atoms with van der Waals surface area (Å²) in [7, 11) is 1.72. The van der Waals surface area contributed by atoms with Gasteiger partial charge in [-0.05, 0) is 30.3 Å². The third-order valence-electron chi connectivity index (χ3n) is 3.41. The second-order valence-corrected chi connectivity index (χ2v) is 5.32. The first-order valence-electron chi connectivity index (χ1n) is 7.15. The molecule has 0 heterocycles. The van der Waals surface area contributed by atoms with Crippen molar-refractivity contribution in [2.24, 2.45) is 5.73 Å². The zero-order chi connectivity index (χ0) is 17.7. The number of nitrogens with two attached hydrogens (primary N) is 1. The molecule has 0 saturated heterocycles. The third kappa shape index (κ3) is 4.99.